The number of hydrogen-bond donors (Lipinski definition) is 3. The predicted octanol–water partition coefficient (Wildman–Crippen LogP) is 3.43. The number of hydrogen-bond acceptors (Lipinski definition) is 9. The molecule has 0 saturated carbocycles. The van der Waals surface area contributed by atoms with Crippen LogP contribution in [-0.4, -0.2) is 64.2 Å². The van der Waals surface area contributed by atoms with Crippen molar-refractivity contribution in [1.29, 1.82) is 0 Å². The Bertz CT molecular complexity index is 1190. The second kappa shape index (κ2) is 13.2. The minimum Gasteiger partial charge on any atom is -0.490 e. The first-order valence-electron chi connectivity index (χ1n) is 12.6. The number of carbonyl (C=O) groups is 1. The van der Waals surface area contributed by atoms with Crippen LogP contribution in [0.25, 0.3) is 23.0 Å². The number of aliphatic hydroxyl groups is 2. The van der Waals surface area contributed by atoms with Crippen LogP contribution in [0.3, 0.4) is 0 Å². The molecule has 200 valence electrons. The molecule has 0 bridgehead atoms. The molecule has 1 aromatic carbocycles. The standard InChI is InChI=1S/C27H36N4O6/c1-6-17(7-2)19-11-22(29-24(12-19)35-5)27-30-26(31-37-27)20-9-16(4)25(18(8-3)10-20)36-15-21(33)13-28-23(34)14-32/h9-12,17,21,32-33H,6-8,13-15H2,1-5H3,(H,28,34)/t21-/m0/s1. The second-order valence-electron chi connectivity index (χ2n) is 8.83. The number of aromatic nitrogens is 3. The van der Waals surface area contributed by atoms with Crippen LogP contribution >= 0.6 is 0 Å². The molecule has 2 heterocycles. The maximum Gasteiger partial charge on any atom is 0.276 e. The number of methoxy groups -OCH3 is 1. The summed E-state index contributed by atoms with van der Waals surface area (Å²) >= 11 is 0. The van der Waals surface area contributed by atoms with E-state index in [0.29, 0.717) is 41.4 Å². The Morgan fingerprint density at radius 3 is 2.54 bits per heavy atom. The zero-order valence-electron chi connectivity index (χ0n) is 22.1. The largest absolute Gasteiger partial charge is 0.490 e. The van der Waals surface area contributed by atoms with Crippen LogP contribution in [0.15, 0.2) is 28.8 Å². The fraction of sp³-hybridized carbons (Fsp3) is 0.481. The average molecular weight is 513 g/mol. The molecule has 3 N–H and O–H groups in total. The Kier molecular flexibility index (Phi) is 9.99. The highest BCUT2D eigenvalue weighted by molar-refractivity contribution is 5.76. The van der Waals surface area contributed by atoms with Crippen molar-refractivity contribution in [1.82, 2.24) is 20.4 Å². The highest BCUT2D eigenvalue weighted by atomic mass is 16.5. The van der Waals surface area contributed by atoms with E-state index >= 15 is 0 Å². The Morgan fingerprint density at radius 2 is 1.89 bits per heavy atom. The molecule has 1 atom stereocenters. The molecule has 0 unspecified atom stereocenters. The summed E-state index contributed by atoms with van der Waals surface area (Å²) in [6.45, 7) is 7.57. The van der Waals surface area contributed by atoms with E-state index in [1.165, 1.54) is 0 Å². The molecule has 3 aromatic rings. The zero-order chi connectivity index (χ0) is 26.9. The third kappa shape index (κ3) is 7.05. The van der Waals surface area contributed by atoms with Crippen LogP contribution in [0.1, 0.15) is 56.2 Å². The van der Waals surface area contributed by atoms with Crippen LogP contribution in [0.4, 0.5) is 0 Å². The van der Waals surface area contributed by atoms with Crippen molar-refractivity contribution in [3.8, 4) is 34.6 Å². The number of pyridine rings is 1. The van der Waals surface area contributed by atoms with Gasteiger partial charge in [0.15, 0.2) is 0 Å². The van der Waals surface area contributed by atoms with Gasteiger partial charge in [-0.15, -0.1) is 0 Å². The normalized spacial score (nSPS) is 12.0. The predicted molar refractivity (Wildman–Crippen MR) is 139 cm³/mol. The van der Waals surface area contributed by atoms with Gasteiger partial charge in [-0.3, -0.25) is 4.79 Å². The first-order valence-corrected chi connectivity index (χ1v) is 12.6. The number of rotatable bonds is 13. The Morgan fingerprint density at radius 1 is 1.14 bits per heavy atom. The first-order chi connectivity index (χ1) is 17.8. The van der Waals surface area contributed by atoms with Gasteiger partial charge in [-0.05, 0) is 67.0 Å². The minimum absolute atomic E-state index is 0.00832. The molecule has 0 aliphatic heterocycles. The fourth-order valence-electron chi connectivity index (χ4n) is 4.15. The molecule has 10 nitrogen and oxygen atoms in total. The SMILES string of the molecule is CCc1cc(-c2noc(-c3cc(C(CC)CC)cc(OC)n3)n2)cc(C)c1OC[C@@H](O)CNC(=O)CO. The Hall–Kier alpha value is -3.50. The summed E-state index contributed by atoms with van der Waals surface area (Å²) in [5, 5.41) is 25.5. The zero-order valence-corrected chi connectivity index (χ0v) is 22.1. The maximum absolute atomic E-state index is 11.2. The molecule has 3 rings (SSSR count). The van der Waals surface area contributed by atoms with Crippen molar-refractivity contribution in [2.45, 2.75) is 59.0 Å². The molecule has 10 heteroatoms. The van der Waals surface area contributed by atoms with E-state index in [4.69, 9.17) is 19.1 Å². The highest BCUT2D eigenvalue weighted by Gasteiger charge is 2.19. The van der Waals surface area contributed by atoms with Crippen molar-refractivity contribution >= 4 is 5.91 Å². The van der Waals surface area contributed by atoms with Crippen molar-refractivity contribution in [3.05, 3.63) is 41.0 Å². The van der Waals surface area contributed by atoms with E-state index in [1.807, 2.05) is 38.1 Å². The summed E-state index contributed by atoms with van der Waals surface area (Å²) in [6.07, 6.45) is 1.77. The van der Waals surface area contributed by atoms with Gasteiger partial charge in [0.2, 0.25) is 17.6 Å². The summed E-state index contributed by atoms with van der Waals surface area (Å²) < 4.78 is 16.9. The lowest BCUT2D eigenvalue weighted by atomic mass is 9.94. The molecular formula is C27H36N4O6. The van der Waals surface area contributed by atoms with E-state index in [9.17, 15) is 9.90 Å². The quantitative estimate of drug-likeness (QED) is 0.314. The summed E-state index contributed by atoms with van der Waals surface area (Å²) in [7, 11) is 1.59. The first kappa shape index (κ1) is 28.1. The molecule has 0 aliphatic rings. The van der Waals surface area contributed by atoms with Gasteiger partial charge in [0.25, 0.3) is 5.89 Å². The molecule has 0 fully saturated rings. The summed E-state index contributed by atoms with van der Waals surface area (Å²) in [5.41, 5.74) is 4.23. The van der Waals surface area contributed by atoms with E-state index < -0.39 is 18.6 Å². The highest BCUT2D eigenvalue weighted by Crippen LogP contribution is 2.33. The van der Waals surface area contributed by atoms with E-state index in [0.717, 1.165) is 35.1 Å². The van der Waals surface area contributed by atoms with Gasteiger partial charge in [0.05, 0.1) is 7.11 Å². The number of carbonyl (C=O) groups excluding carboxylic acids is 1. The van der Waals surface area contributed by atoms with Crippen LogP contribution in [0.5, 0.6) is 11.6 Å². The lowest BCUT2D eigenvalue weighted by molar-refractivity contribution is -0.124. The number of amides is 1. The van der Waals surface area contributed by atoms with Crippen molar-refractivity contribution < 1.29 is 29.0 Å². The topological polar surface area (TPSA) is 140 Å². The van der Waals surface area contributed by atoms with Gasteiger partial charge in [-0.2, -0.15) is 4.98 Å². The Labute approximate surface area is 217 Å². The summed E-state index contributed by atoms with van der Waals surface area (Å²) in [4.78, 5) is 20.3. The monoisotopic (exact) mass is 512 g/mol. The Balaban J connectivity index is 1.83. The molecule has 37 heavy (non-hydrogen) atoms. The minimum atomic E-state index is -0.917. The number of nitrogens with zero attached hydrogens (tertiary/aromatic N) is 3. The summed E-state index contributed by atoms with van der Waals surface area (Å²) in [5.74, 6) is 1.73. The van der Waals surface area contributed by atoms with Gasteiger partial charge in [-0.1, -0.05) is 25.9 Å². The van der Waals surface area contributed by atoms with Crippen LogP contribution in [-0.2, 0) is 11.2 Å². The number of aliphatic hydroxyl groups excluding tert-OH is 2. The number of benzene rings is 1. The van der Waals surface area contributed by atoms with Crippen LogP contribution in [0.2, 0.25) is 0 Å². The van der Waals surface area contributed by atoms with E-state index in [-0.39, 0.29) is 13.2 Å². The number of nitrogens with one attached hydrogen (secondary N) is 1. The molecule has 0 spiro atoms. The smallest absolute Gasteiger partial charge is 0.276 e. The summed E-state index contributed by atoms with van der Waals surface area (Å²) in [6, 6.07) is 7.76. The number of aryl methyl sites for hydroxylation is 2. The van der Waals surface area contributed by atoms with Crippen molar-refractivity contribution in [3.63, 3.8) is 0 Å². The second-order valence-corrected chi connectivity index (χ2v) is 8.83. The van der Waals surface area contributed by atoms with Gasteiger partial charge in [-0.25, -0.2) is 4.98 Å². The van der Waals surface area contributed by atoms with Crippen molar-refractivity contribution in [2.24, 2.45) is 0 Å². The number of ether oxygens (including phenoxy) is 2. The van der Waals surface area contributed by atoms with Crippen molar-refractivity contribution in [2.75, 3.05) is 26.9 Å². The van der Waals surface area contributed by atoms with Crippen LogP contribution in [0, 0.1) is 6.92 Å². The fourth-order valence-corrected chi connectivity index (χ4v) is 4.15. The lowest BCUT2D eigenvalue weighted by Crippen LogP contribution is -2.36. The molecule has 0 saturated heterocycles. The van der Waals surface area contributed by atoms with Gasteiger partial charge in [0, 0.05) is 18.2 Å². The third-order valence-corrected chi connectivity index (χ3v) is 6.22. The van der Waals surface area contributed by atoms with E-state index in [2.05, 4.69) is 34.3 Å². The maximum atomic E-state index is 11.2. The van der Waals surface area contributed by atoms with E-state index in [1.54, 1.807) is 7.11 Å². The third-order valence-electron chi connectivity index (χ3n) is 6.22. The molecule has 0 aliphatic carbocycles. The molecule has 1 amide bonds. The van der Waals surface area contributed by atoms with Crippen LogP contribution < -0.4 is 14.8 Å². The molecule has 0 radical (unpaired) electrons. The van der Waals surface area contributed by atoms with Gasteiger partial charge >= 0.3 is 0 Å². The van der Waals surface area contributed by atoms with Gasteiger partial charge in [0.1, 0.15) is 30.8 Å². The lowest BCUT2D eigenvalue weighted by Gasteiger charge is -2.17. The average Bonchev–Trinajstić information content (AvgIpc) is 3.41. The molecular weight excluding hydrogens is 476 g/mol. The van der Waals surface area contributed by atoms with Gasteiger partial charge < -0.3 is 29.5 Å². The molecule has 2 aromatic heterocycles.